The second kappa shape index (κ2) is 10.1. The van der Waals surface area contributed by atoms with Crippen LogP contribution in [-0.4, -0.2) is 38.2 Å². The molecule has 0 unspecified atom stereocenters. The number of azo groups is 1. The van der Waals surface area contributed by atoms with Gasteiger partial charge in [-0.3, -0.25) is 9.59 Å². The van der Waals surface area contributed by atoms with E-state index in [0.717, 1.165) is 0 Å². The second-order valence-electron chi connectivity index (χ2n) is 2.84. The summed E-state index contributed by atoms with van der Waals surface area (Å²) in [5.74, 6) is -0.571. The molecule has 0 aromatic heterocycles. The van der Waals surface area contributed by atoms with Gasteiger partial charge in [-0.1, -0.05) is 0 Å². The molecule has 6 heteroatoms. The van der Waals surface area contributed by atoms with Crippen molar-refractivity contribution >= 4 is 11.9 Å². The molecule has 0 radical (unpaired) electrons. The van der Waals surface area contributed by atoms with Crippen molar-refractivity contribution < 1.29 is 19.1 Å². The van der Waals surface area contributed by atoms with Gasteiger partial charge in [-0.05, 0) is 13.8 Å². The Morgan fingerprint density at radius 1 is 0.875 bits per heavy atom. The molecule has 6 nitrogen and oxygen atoms in total. The van der Waals surface area contributed by atoms with E-state index in [1.807, 2.05) is 0 Å². The molecule has 0 aliphatic rings. The van der Waals surface area contributed by atoms with Gasteiger partial charge in [0.05, 0.1) is 39.1 Å². The van der Waals surface area contributed by atoms with Crippen LogP contribution in [-0.2, 0) is 19.1 Å². The Labute approximate surface area is 95.0 Å². The van der Waals surface area contributed by atoms with E-state index < -0.39 is 0 Å². The quantitative estimate of drug-likeness (QED) is 0.465. The van der Waals surface area contributed by atoms with Crippen LogP contribution in [0.5, 0.6) is 0 Å². The van der Waals surface area contributed by atoms with Gasteiger partial charge in [-0.15, -0.1) is 0 Å². The Hall–Kier alpha value is -1.46. The van der Waals surface area contributed by atoms with E-state index in [4.69, 9.17) is 9.47 Å². The zero-order chi connectivity index (χ0) is 12.2. The molecule has 0 aliphatic heterocycles. The Balaban J connectivity index is 3.41. The molecule has 0 fully saturated rings. The van der Waals surface area contributed by atoms with Gasteiger partial charge in [0.1, 0.15) is 0 Å². The van der Waals surface area contributed by atoms with Crippen molar-refractivity contribution in [1.82, 2.24) is 0 Å². The van der Waals surface area contributed by atoms with E-state index in [1.54, 1.807) is 13.8 Å². The Morgan fingerprint density at radius 2 is 1.25 bits per heavy atom. The van der Waals surface area contributed by atoms with Gasteiger partial charge in [0.15, 0.2) is 0 Å². The number of rotatable bonds is 8. The second-order valence-corrected chi connectivity index (χ2v) is 2.84. The summed E-state index contributed by atoms with van der Waals surface area (Å²) in [6, 6.07) is 0. The number of ether oxygens (including phenoxy) is 2. The molecule has 0 atom stereocenters. The van der Waals surface area contributed by atoms with Crippen molar-refractivity contribution in [1.29, 1.82) is 0 Å². The van der Waals surface area contributed by atoms with Gasteiger partial charge in [0.2, 0.25) is 0 Å². The molecule has 0 spiro atoms. The minimum absolute atomic E-state index is 0.219. The van der Waals surface area contributed by atoms with E-state index in [1.165, 1.54) is 0 Å². The lowest BCUT2D eigenvalue weighted by Gasteiger charge is -1.98. The lowest BCUT2D eigenvalue weighted by atomic mass is 10.4. The molecule has 0 amide bonds. The largest absolute Gasteiger partial charge is 0.466 e. The average Bonchev–Trinajstić information content (AvgIpc) is 2.24. The smallest absolute Gasteiger partial charge is 0.307 e. The van der Waals surface area contributed by atoms with Crippen molar-refractivity contribution in [2.24, 2.45) is 10.2 Å². The fourth-order valence-corrected chi connectivity index (χ4v) is 0.890. The number of carbonyl (C=O) groups is 2. The molecule has 0 aromatic rings. The van der Waals surface area contributed by atoms with Crippen LogP contribution >= 0.6 is 0 Å². The van der Waals surface area contributed by atoms with Crippen LogP contribution in [0.3, 0.4) is 0 Å². The summed E-state index contributed by atoms with van der Waals surface area (Å²) in [5.41, 5.74) is 0. The lowest BCUT2D eigenvalue weighted by Crippen LogP contribution is -2.06. The number of hydrogen-bond acceptors (Lipinski definition) is 6. The first-order valence-corrected chi connectivity index (χ1v) is 5.35. The van der Waals surface area contributed by atoms with Crippen LogP contribution in [0.1, 0.15) is 26.7 Å². The van der Waals surface area contributed by atoms with E-state index in [0.29, 0.717) is 26.3 Å². The molecule has 92 valence electrons. The van der Waals surface area contributed by atoms with Crippen molar-refractivity contribution in [3.8, 4) is 0 Å². The number of carbonyl (C=O) groups excluding carboxylic acids is 2. The fourth-order valence-electron chi connectivity index (χ4n) is 0.890. The van der Waals surface area contributed by atoms with E-state index >= 15 is 0 Å². The zero-order valence-corrected chi connectivity index (χ0v) is 9.77. The summed E-state index contributed by atoms with van der Waals surface area (Å²) in [4.78, 5) is 21.7. The molecule has 16 heavy (non-hydrogen) atoms. The molecule has 0 N–H and O–H groups in total. The predicted molar refractivity (Wildman–Crippen MR) is 57.1 cm³/mol. The predicted octanol–water partition coefficient (Wildman–Crippen LogP) is 1.34. The number of hydrogen-bond donors (Lipinski definition) is 0. The molecule has 0 heterocycles. The Bertz CT molecular complexity index is 217. The molecule has 0 saturated carbocycles. The highest BCUT2D eigenvalue weighted by atomic mass is 16.5. The normalized spacial score (nSPS) is 10.4. The van der Waals surface area contributed by atoms with Gasteiger partial charge in [0, 0.05) is 0 Å². The lowest BCUT2D eigenvalue weighted by molar-refractivity contribution is -0.143. The van der Waals surface area contributed by atoms with Crippen LogP contribution in [0, 0.1) is 0 Å². The first-order chi connectivity index (χ1) is 7.70. The van der Waals surface area contributed by atoms with E-state index in [9.17, 15) is 9.59 Å². The van der Waals surface area contributed by atoms with Gasteiger partial charge < -0.3 is 9.47 Å². The molecule has 0 aliphatic carbocycles. The fraction of sp³-hybridized carbons (Fsp3) is 0.800. The molecular weight excluding hydrogens is 212 g/mol. The third-order valence-corrected chi connectivity index (χ3v) is 1.54. The third-order valence-electron chi connectivity index (χ3n) is 1.54. The summed E-state index contributed by atoms with van der Waals surface area (Å²) in [5, 5.41) is 7.48. The van der Waals surface area contributed by atoms with E-state index in [2.05, 4.69) is 10.2 Å². The number of nitrogens with zero attached hydrogens (tertiary/aromatic N) is 2. The number of esters is 2. The van der Waals surface area contributed by atoms with E-state index in [-0.39, 0.29) is 24.8 Å². The zero-order valence-electron chi connectivity index (χ0n) is 9.77. The SMILES string of the molecule is CCOC(=O)CCN=NCCC(=O)OCC. The van der Waals surface area contributed by atoms with Crippen LogP contribution in [0.15, 0.2) is 10.2 Å². The highest BCUT2D eigenvalue weighted by Gasteiger charge is 2.00. The van der Waals surface area contributed by atoms with Gasteiger partial charge in [-0.2, -0.15) is 10.2 Å². The van der Waals surface area contributed by atoms with Crippen molar-refractivity contribution in [2.45, 2.75) is 26.7 Å². The maximum Gasteiger partial charge on any atom is 0.307 e. The van der Waals surface area contributed by atoms with Crippen LogP contribution in [0.25, 0.3) is 0 Å². The summed E-state index contributed by atoms with van der Waals surface area (Å²) in [7, 11) is 0. The Morgan fingerprint density at radius 3 is 1.56 bits per heavy atom. The first kappa shape index (κ1) is 14.5. The maximum absolute atomic E-state index is 10.9. The molecule has 0 saturated heterocycles. The topological polar surface area (TPSA) is 77.3 Å². The summed E-state index contributed by atoms with van der Waals surface area (Å²) in [6.45, 7) is 4.83. The van der Waals surface area contributed by atoms with Gasteiger partial charge in [0.25, 0.3) is 0 Å². The van der Waals surface area contributed by atoms with Crippen LogP contribution in [0.2, 0.25) is 0 Å². The molecule has 0 aromatic carbocycles. The van der Waals surface area contributed by atoms with Crippen LogP contribution < -0.4 is 0 Å². The minimum Gasteiger partial charge on any atom is -0.466 e. The molecule has 0 bridgehead atoms. The maximum atomic E-state index is 10.9. The van der Waals surface area contributed by atoms with Crippen LogP contribution in [0.4, 0.5) is 0 Å². The first-order valence-electron chi connectivity index (χ1n) is 5.35. The van der Waals surface area contributed by atoms with Crippen molar-refractivity contribution in [2.75, 3.05) is 26.3 Å². The molecular formula is C10H18N2O4. The van der Waals surface area contributed by atoms with Gasteiger partial charge >= 0.3 is 11.9 Å². The highest BCUT2D eigenvalue weighted by molar-refractivity contribution is 5.69. The summed E-state index contributed by atoms with van der Waals surface area (Å²) < 4.78 is 9.41. The average molecular weight is 230 g/mol. The van der Waals surface area contributed by atoms with Crippen molar-refractivity contribution in [3.05, 3.63) is 0 Å². The van der Waals surface area contributed by atoms with Gasteiger partial charge in [-0.25, -0.2) is 0 Å². The standard InChI is InChI=1S/C10H18N2O4/c1-3-15-9(13)5-7-11-12-8-6-10(14)16-4-2/h3-8H2,1-2H3. The Kier molecular flexibility index (Phi) is 9.15. The monoisotopic (exact) mass is 230 g/mol. The highest BCUT2D eigenvalue weighted by Crippen LogP contribution is 1.91. The van der Waals surface area contributed by atoms with Crippen molar-refractivity contribution in [3.63, 3.8) is 0 Å². The third kappa shape index (κ3) is 9.11. The minimum atomic E-state index is -0.285. The summed E-state index contributed by atoms with van der Waals surface area (Å²) >= 11 is 0. The molecule has 0 rings (SSSR count). The summed E-state index contributed by atoms with van der Waals surface area (Å²) in [6.07, 6.45) is 0.438.